The van der Waals surface area contributed by atoms with Crippen molar-refractivity contribution in [1.29, 1.82) is 0 Å². The Bertz CT molecular complexity index is 684. The van der Waals surface area contributed by atoms with Gasteiger partial charge in [-0.2, -0.15) is 0 Å². The molecule has 2 aromatic carbocycles. The molecule has 2 unspecified atom stereocenters. The number of hydrogen-bond acceptors (Lipinski definition) is 1. The molecule has 1 heteroatoms. The lowest BCUT2D eigenvalue weighted by Gasteiger charge is -2.32. The first-order chi connectivity index (χ1) is 10.3. The molecule has 106 valence electrons. The molecule has 1 aliphatic heterocycles. The minimum atomic E-state index is 0.476. The molecule has 1 aliphatic carbocycles. The molecule has 1 N–H and O–H groups in total. The molecular weight excluding hydrogens is 254 g/mol. The van der Waals surface area contributed by atoms with E-state index in [1.807, 2.05) is 0 Å². The molecule has 4 rings (SSSR count). The van der Waals surface area contributed by atoms with Gasteiger partial charge in [-0.15, -0.1) is 0 Å². The average molecular weight is 275 g/mol. The third-order valence-corrected chi connectivity index (χ3v) is 5.05. The van der Waals surface area contributed by atoms with Gasteiger partial charge in [0.05, 0.1) is 0 Å². The normalized spacial score (nSPS) is 21.9. The van der Waals surface area contributed by atoms with E-state index < -0.39 is 0 Å². The molecule has 0 radical (unpaired) electrons. The molecule has 2 atom stereocenters. The number of fused-ring (bicyclic) bond motifs is 2. The minimum absolute atomic E-state index is 0.476. The van der Waals surface area contributed by atoms with Gasteiger partial charge in [0.2, 0.25) is 0 Å². The van der Waals surface area contributed by atoms with E-state index in [1.165, 1.54) is 23.1 Å². The summed E-state index contributed by atoms with van der Waals surface area (Å²) in [4.78, 5) is 0. The quantitative estimate of drug-likeness (QED) is 0.867. The van der Waals surface area contributed by atoms with Gasteiger partial charge in [-0.1, -0.05) is 61.5 Å². The minimum Gasteiger partial charge on any atom is -0.309 e. The summed E-state index contributed by atoms with van der Waals surface area (Å²) < 4.78 is 0. The topological polar surface area (TPSA) is 12.0 Å². The van der Waals surface area contributed by atoms with Crippen LogP contribution in [0.4, 0.5) is 0 Å². The smallest absolute Gasteiger partial charge is 0.0355 e. The zero-order valence-corrected chi connectivity index (χ0v) is 12.5. The largest absolute Gasteiger partial charge is 0.309 e. The highest BCUT2D eigenvalue weighted by molar-refractivity contribution is 5.78. The molecule has 21 heavy (non-hydrogen) atoms. The summed E-state index contributed by atoms with van der Waals surface area (Å²) >= 11 is 0. The van der Waals surface area contributed by atoms with Gasteiger partial charge in [-0.3, -0.25) is 0 Å². The average Bonchev–Trinajstić information content (AvgIpc) is 2.94. The lowest BCUT2D eigenvalue weighted by molar-refractivity contribution is 0.488. The lowest BCUT2D eigenvalue weighted by Crippen LogP contribution is -2.39. The zero-order valence-electron chi connectivity index (χ0n) is 12.5. The van der Waals surface area contributed by atoms with Crippen molar-refractivity contribution in [3.63, 3.8) is 0 Å². The van der Waals surface area contributed by atoms with Crippen LogP contribution in [-0.4, -0.2) is 12.6 Å². The third kappa shape index (κ3) is 2.13. The van der Waals surface area contributed by atoms with E-state index in [0.717, 1.165) is 13.0 Å². The fourth-order valence-corrected chi connectivity index (χ4v) is 3.95. The van der Waals surface area contributed by atoms with Crippen molar-refractivity contribution in [3.8, 4) is 0 Å². The monoisotopic (exact) mass is 275 g/mol. The Labute approximate surface area is 126 Å². The summed E-state index contributed by atoms with van der Waals surface area (Å²) in [5, 5.41) is 3.77. The fraction of sp³-hybridized carbons (Fsp3) is 0.300. The Balaban J connectivity index is 1.71. The summed E-state index contributed by atoms with van der Waals surface area (Å²) in [6.45, 7) is 3.45. The second-order valence-corrected chi connectivity index (χ2v) is 6.22. The van der Waals surface area contributed by atoms with Crippen LogP contribution in [0.25, 0.3) is 5.57 Å². The Hall–Kier alpha value is -1.86. The van der Waals surface area contributed by atoms with E-state index in [1.54, 1.807) is 11.1 Å². The Morgan fingerprint density at radius 3 is 2.62 bits per heavy atom. The molecule has 0 saturated carbocycles. The highest BCUT2D eigenvalue weighted by atomic mass is 14.9. The van der Waals surface area contributed by atoms with Crippen LogP contribution in [0.2, 0.25) is 0 Å². The molecule has 0 amide bonds. The van der Waals surface area contributed by atoms with Crippen molar-refractivity contribution < 1.29 is 0 Å². The van der Waals surface area contributed by atoms with Crippen molar-refractivity contribution in [3.05, 3.63) is 76.9 Å². The molecule has 1 nitrogen and oxygen atoms in total. The van der Waals surface area contributed by atoms with Gasteiger partial charge in [0.15, 0.2) is 0 Å². The van der Waals surface area contributed by atoms with E-state index in [4.69, 9.17) is 0 Å². The van der Waals surface area contributed by atoms with Gasteiger partial charge < -0.3 is 5.32 Å². The van der Waals surface area contributed by atoms with Crippen LogP contribution in [0.3, 0.4) is 0 Å². The first-order valence-corrected chi connectivity index (χ1v) is 7.93. The summed E-state index contributed by atoms with van der Waals surface area (Å²) in [7, 11) is 0. The third-order valence-electron chi connectivity index (χ3n) is 5.05. The first kappa shape index (κ1) is 12.8. The maximum absolute atomic E-state index is 3.77. The number of benzene rings is 2. The fourth-order valence-electron chi connectivity index (χ4n) is 3.95. The van der Waals surface area contributed by atoms with Gasteiger partial charge in [0.1, 0.15) is 0 Å². The van der Waals surface area contributed by atoms with E-state index in [-0.39, 0.29) is 0 Å². The van der Waals surface area contributed by atoms with Gasteiger partial charge >= 0.3 is 0 Å². The van der Waals surface area contributed by atoms with Crippen molar-refractivity contribution >= 4 is 5.57 Å². The molecule has 0 spiro atoms. The predicted molar refractivity (Wildman–Crippen MR) is 88.3 cm³/mol. The van der Waals surface area contributed by atoms with Crippen molar-refractivity contribution in [2.45, 2.75) is 31.7 Å². The van der Waals surface area contributed by atoms with E-state index in [0.29, 0.717) is 12.0 Å². The highest BCUT2D eigenvalue weighted by Gasteiger charge is 2.32. The Kier molecular flexibility index (Phi) is 3.16. The van der Waals surface area contributed by atoms with E-state index in [2.05, 4.69) is 66.8 Å². The molecule has 0 aromatic heterocycles. The van der Waals surface area contributed by atoms with Crippen molar-refractivity contribution in [1.82, 2.24) is 5.32 Å². The van der Waals surface area contributed by atoms with Crippen LogP contribution >= 0.6 is 0 Å². The van der Waals surface area contributed by atoms with Crippen LogP contribution in [0.5, 0.6) is 0 Å². The van der Waals surface area contributed by atoms with Gasteiger partial charge in [0.25, 0.3) is 0 Å². The maximum atomic E-state index is 3.77. The van der Waals surface area contributed by atoms with Crippen LogP contribution < -0.4 is 5.32 Å². The highest BCUT2D eigenvalue weighted by Crippen LogP contribution is 2.41. The summed E-state index contributed by atoms with van der Waals surface area (Å²) in [5.74, 6) is 0.519. The number of nitrogens with one attached hydrogen (secondary N) is 1. The summed E-state index contributed by atoms with van der Waals surface area (Å²) in [6.07, 6.45) is 2.30. The van der Waals surface area contributed by atoms with E-state index in [9.17, 15) is 0 Å². The Morgan fingerprint density at radius 1 is 1.00 bits per heavy atom. The number of hydrogen-bond donors (Lipinski definition) is 1. The van der Waals surface area contributed by atoms with E-state index >= 15 is 0 Å². The Morgan fingerprint density at radius 2 is 1.76 bits per heavy atom. The lowest BCUT2D eigenvalue weighted by atomic mass is 9.83. The predicted octanol–water partition coefficient (Wildman–Crippen LogP) is 4.16. The molecule has 2 aliphatic rings. The molecule has 2 aromatic rings. The van der Waals surface area contributed by atoms with Gasteiger partial charge in [0, 0.05) is 12.0 Å². The first-order valence-electron chi connectivity index (χ1n) is 7.93. The van der Waals surface area contributed by atoms with Crippen LogP contribution in [0.1, 0.15) is 36.0 Å². The standard InChI is InChI=1S/C20H21N/c1-14(15-7-3-2-4-8-15)20-19-13-16-9-5-6-10-17(16)18(19)11-12-21-20/h2-10,14,20-21H,11-13H2,1H3. The summed E-state index contributed by atoms with van der Waals surface area (Å²) in [5.41, 5.74) is 7.67. The van der Waals surface area contributed by atoms with Crippen LogP contribution in [-0.2, 0) is 6.42 Å². The second-order valence-electron chi connectivity index (χ2n) is 6.22. The molecular formula is C20H21N. The second kappa shape index (κ2) is 5.16. The van der Waals surface area contributed by atoms with Crippen LogP contribution in [0, 0.1) is 0 Å². The van der Waals surface area contributed by atoms with Crippen molar-refractivity contribution in [2.75, 3.05) is 6.54 Å². The molecule has 0 saturated heterocycles. The molecule has 0 bridgehead atoms. The molecule has 1 heterocycles. The maximum Gasteiger partial charge on any atom is 0.0355 e. The van der Waals surface area contributed by atoms with Crippen LogP contribution in [0.15, 0.2) is 60.2 Å². The summed E-state index contributed by atoms with van der Waals surface area (Å²) in [6, 6.07) is 20.3. The SMILES string of the molecule is CC(c1ccccc1)C1NCCC2=C1Cc1ccccc12. The number of rotatable bonds is 2. The van der Waals surface area contributed by atoms with Crippen molar-refractivity contribution in [2.24, 2.45) is 0 Å². The van der Waals surface area contributed by atoms with Gasteiger partial charge in [-0.05, 0) is 47.2 Å². The van der Waals surface area contributed by atoms with Gasteiger partial charge in [-0.25, -0.2) is 0 Å². The zero-order chi connectivity index (χ0) is 14.2. The molecule has 0 fully saturated rings.